The first-order valence-electron chi connectivity index (χ1n) is 8.74. The number of nitrogens with zero attached hydrogens (tertiary/aromatic N) is 3. The number of aromatic nitrogens is 1. The maximum atomic E-state index is 12.6. The molecule has 0 radical (unpaired) electrons. The highest BCUT2D eigenvalue weighted by atomic mass is 127. The molecule has 1 aliphatic heterocycles. The standard InChI is InChI=1S/C17H24ClF3N4O2.HI/c1-3-26-11-12-4-6-25(10-12)16(22-2)23-5-7-27-15-14(18)8-13(9-24-15)17(19,20)21;/h8-9,12H,3-7,10-11H2,1-2H3,(H,22,23);1H. The van der Waals surface area contributed by atoms with Gasteiger partial charge in [-0.05, 0) is 19.4 Å². The zero-order valence-corrected chi connectivity index (χ0v) is 18.8. The van der Waals surface area contributed by atoms with E-state index >= 15 is 0 Å². The summed E-state index contributed by atoms with van der Waals surface area (Å²) < 4.78 is 48.6. The monoisotopic (exact) mass is 536 g/mol. The lowest BCUT2D eigenvalue weighted by molar-refractivity contribution is -0.137. The lowest BCUT2D eigenvalue weighted by Gasteiger charge is -2.21. The molecule has 2 heterocycles. The predicted octanol–water partition coefficient (Wildman–Crippen LogP) is 3.68. The van der Waals surface area contributed by atoms with E-state index < -0.39 is 11.7 Å². The average molecular weight is 537 g/mol. The molecule has 0 amide bonds. The summed E-state index contributed by atoms with van der Waals surface area (Å²) >= 11 is 5.81. The van der Waals surface area contributed by atoms with Crippen LogP contribution in [0.4, 0.5) is 13.2 Å². The molecule has 2 rings (SSSR count). The van der Waals surface area contributed by atoms with Crippen LogP contribution < -0.4 is 10.1 Å². The van der Waals surface area contributed by atoms with Crippen molar-refractivity contribution >= 4 is 41.5 Å². The Bertz CT molecular complexity index is 649. The van der Waals surface area contributed by atoms with Gasteiger partial charge in [-0.3, -0.25) is 4.99 Å². The number of guanidine groups is 1. The summed E-state index contributed by atoms with van der Waals surface area (Å²) in [7, 11) is 1.70. The van der Waals surface area contributed by atoms with Crippen LogP contribution in [-0.4, -0.2) is 62.3 Å². The van der Waals surface area contributed by atoms with Crippen LogP contribution >= 0.6 is 35.6 Å². The molecule has 0 saturated carbocycles. The van der Waals surface area contributed by atoms with E-state index in [-0.39, 0.29) is 41.5 Å². The molecule has 1 aromatic rings. The molecule has 0 bridgehead atoms. The highest BCUT2D eigenvalue weighted by Crippen LogP contribution is 2.33. The largest absolute Gasteiger partial charge is 0.475 e. The Hall–Kier alpha value is -1.01. The minimum Gasteiger partial charge on any atom is -0.475 e. The van der Waals surface area contributed by atoms with Crippen LogP contribution in [0.2, 0.25) is 5.02 Å². The maximum absolute atomic E-state index is 12.6. The quantitative estimate of drug-likeness (QED) is 0.249. The molecule has 6 nitrogen and oxygen atoms in total. The Morgan fingerprint density at radius 2 is 2.21 bits per heavy atom. The van der Waals surface area contributed by atoms with Crippen LogP contribution in [0.25, 0.3) is 0 Å². The second-order valence-electron chi connectivity index (χ2n) is 6.09. The van der Waals surface area contributed by atoms with E-state index in [1.54, 1.807) is 7.05 Å². The number of hydrogen-bond donors (Lipinski definition) is 1. The summed E-state index contributed by atoms with van der Waals surface area (Å²) in [5.74, 6) is 1.21. The number of halogens is 5. The van der Waals surface area contributed by atoms with Gasteiger partial charge in [-0.1, -0.05) is 11.6 Å². The Balaban J connectivity index is 0.00000392. The number of pyridine rings is 1. The number of rotatable bonds is 7. The van der Waals surface area contributed by atoms with Crippen LogP contribution in [0.5, 0.6) is 5.88 Å². The van der Waals surface area contributed by atoms with Crippen LogP contribution in [0, 0.1) is 5.92 Å². The lowest BCUT2D eigenvalue weighted by atomic mass is 10.1. The number of likely N-dealkylation sites (tertiary alicyclic amines) is 1. The normalized spacial score (nSPS) is 17.4. The molecule has 1 unspecified atom stereocenters. The molecule has 1 N–H and O–H groups in total. The average Bonchev–Trinajstić information content (AvgIpc) is 3.09. The fourth-order valence-electron chi connectivity index (χ4n) is 2.78. The van der Waals surface area contributed by atoms with Crippen molar-refractivity contribution in [2.45, 2.75) is 19.5 Å². The number of ether oxygens (including phenoxy) is 2. The Morgan fingerprint density at radius 1 is 1.46 bits per heavy atom. The molecule has 0 aromatic carbocycles. The van der Waals surface area contributed by atoms with E-state index in [1.807, 2.05) is 6.92 Å². The third-order valence-electron chi connectivity index (χ3n) is 4.11. The zero-order valence-electron chi connectivity index (χ0n) is 15.8. The van der Waals surface area contributed by atoms with Gasteiger partial charge in [0.05, 0.1) is 18.7 Å². The summed E-state index contributed by atoms with van der Waals surface area (Å²) in [6.07, 6.45) is -2.74. The van der Waals surface area contributed by atoms with Gasteiger partial charge in [-0.25, -0.2) is 4.98 Å². The number of nitrogens with one attached hydrogen (secondary N) is 1. The highest BCUT2D eigenvalue weighted by Gasteiger charge is 2.31. The third-order valence-corrected chi connectivity index (χ3v) is 4.38. The van der Waals surface area contributed by atoms with Crippen LogP contribution in [0.15, 0.2) is 17.3 Å². The Kier molecular flexibility index (Phi) is 10.6. The smallest absolute Gasteiger partial charge is 0.417 e. The minimum atomic E-state index is -4.49. The van der Waals surface area contributed by atoms with Gasteiger partial charge in [-0.2, -0.15) is 13.2 Å². The van der Waals surface area contributed by atoms with E-state index in [0.717, 1.165) is 38.1 Å². The van der Waals surface area contributed by atoms with Gasteiger partial charge in [0, 0.05) is 38.9 Å². The Morgan fingerprint density at radius 3 is 2.82 bits per heavy atom. The fourth-order valence-corrected chi connectivity index (χ4v) is 3.00. The van der Waals surface area contributed by atoms with Gasteiger partial charge in [0.15, 0.2) is 5.96 Å². The molecule has 0 aliphatic carbocycles. The molecule has 1 aromatic heterocycles. The number of hydrogen-bond acceptors (Lipinski definition) is 4. The topological polar surface area (TPSA) is 59.0 Å². The van der Waals surface area contributed by atoms with E-state index in [9.17, 15) is 13.2 Å². The van der Waals surface area contributed by atoms with E-state index in [0.29, 0.717) is 25.3 Å². The summed E-state index contributed by atoms with van der Waals surface area (Å²) in [6, 6.07) is 0.805. The van der Waals surface area contributed by atoms with Crippen molar-refractivity contribution < 1.29 is 22.6 Å². The van der Waals surface area contributed by atoms with Crippen LogP contribution in [-0.2, 0) is 10.9 Å². The van der Waals surface area contributed by atoms with E-state index in [4.69, 9.17) is 21.1 Å². The summed E-state index contributed by atoms with van der Waals surface area (Å²) in [4.78, 5) is 10.0. The minimum absolute atomic E-state index is 0. The van der Waals surface area contributed by atoms with Crippen LogP contribution in [0.1, 0.15) is 18.9 Å². The SMILES string of the molecule is CCOCC1CCN(C(=NC)NCCOc2ncc(C(F)(F)F)cc2Cl)C1.I. The molecule has 160 valence electrons. The first-order chi connectivity index (χ1) is 12.8. The first-order valence-corrected chi connectivity index (χ1v) is 9.11. The molecular formula is C17H25ClF3IN4O2. The number of alkyl halides is 3. The third kappa shape index (κ3) is 7.43. The molecule has 1 saturated heterocycles. The van der Waals surface area contributed by atoms with Crippen molar-refractivity contribution in [3.8, 4) is 5.88 Å². The van der Waals surface area contributed by atoms with Crippen molar-refractivity contribution in [2.24, 2.45) is 10.9 Å². The first kappa shape index (κ1) is 25.0. The molecule has 1 aliphatic rings. The molecule has 28 heavy (non-hydrogen) atoms. The van der Waals surface area contributed by atoms with Crippen molar-refractivity contribution in [3.63, 3.8) is 0 Å². The molecular weight excluding hydrogens is 512 g/mol. The fraction of sp³-hybridized carbons (Fsp3) is 0.647. The lowest BCUT2D eigenvalue weighted by Crippen LogP contribution is -2.41. The van der Waals surface area contributed by atoms with Crippen LogP contribution in [0.3, 0.4) is 0 Å². The van der Waals surface area contributed by atoms with Gasteiger partial charge >= 0.3 is 6.18 Å². The molecule has 1 atom stereocenters. The predicted molar refractivity (Wildman–Crippen MR) is 113 cm³/mol. The highest BCUT2D eigenvalue weighted by molar-refractivity contribution is 14.0. The molecule has 11 heteroatoms. The van der Waals surface area contributed by atoms with Gasteiger partial charge in [0.2, 0.25) is 5.88 Å². The van der Waals surface area contributed by atoms with Crippen molar-refractivity contribution in [1.82, 2.24) is 15.2 Å². The summed E-state index contributed by atoms with van der Waals surface area (Å²) in [6.45, 7) is 5.79. The molecule has 1 fully saturated rings. The van der Waals surface area contributed by atoms with Gasteiger partial charge < -0.3 is 19.7 Å². The summed E-state index contributed by atoms with van der Waals surface area (Å²) in [5.41, 5.74) is -0.908. The van der Waals surface area contributed by atoms with Gasteiger partial charge in [0.1, 0.15) is 11.6 Å². The van der Waals surface area contributed by atoms with E-state index in [2.05, 4.69) is 20.2 Å². The van der Waals surface area contributed by atoms with Gasteiger partial charge in [0.25, 0.3) is 0 Å². The van der Waals surface area contributed by atoms with Gasteiger partial charge in [-0.15, -0.1) is 24.0 Å². The van der Waals surface area contributed by atoms with Crippen molar-refractivity contribution in [1.29, 1.82) is 0 Å². The molecule has 0 spiro atoms. The zero-order chi connectivity index (χ0) is 19.9. The second-order valence-corrected chi connectivity index (χ2v) is 6.50. The van der Waals surface area contributed by atoms with Crippen molar-refractivity contribution in [3.05, 3.63) is 22.8 Å². The second kappa shape index (κ2) is 11.9. The summed E-state index contributed by atoms with van der Waals surface area (Å²) in [5, 5.41) is 3.00. The van der Waals surface area contributed by atoms with E-state index in [1.165, 1.54) is 0 Å². The Labute approximate surface area is 184 Å². The van der Waals surface area contributed by atoms with Crippen molar-refractivity contribution in [2.75, 3.05) is 46.5 Å². The number of aliphatic imine (C=N–C) groups is 1. The maximum Gasteiger partial charge on any atom is 0.417 e.